The van der Waals surface area contributed by atoms with Crippen molar-refractivity contribution in [3.8, 4) is 0 Å². The number of nitrogens with zero attached hydrogens (tertiary/aromatic N) is 2. The van der Waals surface area contributed by atoms with Crippen LogP contribution in [0.2, 0.25) is 0 Å². The van der Waals surface area contributed by atoms with Crippen LogP contribution in [0.4, 0.5) is 0 Å². The van der Waals surface area contributed by atoms with Crippen LogP contribution in [0.1, 0.15) is 18.9 Å². The van der Waals surface area contributed by atoms with Crippen LogP contribution in [0.5, 0.6) is 0 Å². The fourth-order valence-electron chi connectivity index (χ4n) is 2.74. The number of aromatic nitrogens is 1. The van der Waals surface area contributed by atoms with Crippen LogP contribution in [0.15, 0.2) is 29.3 Å². The molecule has 2 nitrogen and oxygen atoms in total. The quantitative estimate of drug-likeness (QED) is 0.844. The fourth-order valence-corrected chi connectivity index (χ4v) is 3.80. The third-order valence-corrected chi connectivity index (χ3v) is 5.38. The van der Waals surface area contributed by atoms with E-state index >= 15 is 0 Å². The second-order valence-corrected chi connectivity index (χ2v) is 6.84. The summed E-state index contributed by atoms with van der Waals surface area (Å²) in [5.41, 5.74) is 2.97. The molecule has 1 aliphatic heterocycles. The van der Waals surface area contributed by atoms with E-state index < -0.39 is 0 Å². The van der Waals surface area contributed by atoms with Crippen molar-refractivity contribution >= 4 is 22.7 Å². The lowest BCUT2D eigenvalue weighted by Crippen LogP contribution is -2.28. The third-order valence-electron chi connectivity index (χ3n) is 4.19. The molecule has 0 saturated carbocycles. The van der Waals surface area contributed by atoms with E-state index in [1.54, 1.807) is 5.56 Å². The summed E-state index contributed by atoms with van der Waals surface area (Å²) in [6.45, 7) is 3.34. The molecule has 0 saturated heterocycles. The Morgan fingerprint density at radius 3 is 2.95 bits per heavy atom. The zero-order chi connectivity index (χ0) is 13.4. The average molecular weight is 274 g/mol. The highest BCUT2D eigenvalue weighted by molar-refractivity contribution is 7.99. The second-order valence-electron chi connectivity index (χ2n) is 5.71. The van der Waals surface area contributed by atoms with Crippen molar-refractivity contribution in [3.63, 3.8) is 0 Å². The van der Waals surface area contributed by atoms with Gasteiger partial charge in [0, 0.05) is 34.6 Å². The molecule has 0 unspecified atom stereocenters. The lowest BCUT2D eigenvalue weighted by atomic mass is 10.1. The summed E-state index contributed by atoms with van der Waals surface area (Å²) in [4.78, 5) is 3.78. The molecule has 0 amide bonds. The van der Waals surface area contributed by atoms with Crippen molar-refractivity contribution in [1.29, 1.82) is 0 Å². The molecule has 0 aliphatic carbocycles. The van der Waals surface area contributed by atoms with Gasteiger partial charge in [-0.2, -0.15) is 0 Å². The van der Waals surface area contributed by atoms with E-state index in [4.69, 9.17) is 0 Å². The predicted molar refractivity (Wildman–Crippen MR) is 84.1 cm³/mol. The number of hydrogen-bond donors (Lipinski definition) is 0. The predicted octanol–water partition coefficient (Wildman–Crippen LogP) is 3.63. The number of fused-ring (bicyclic) bond motifs is 3. The lowest BCUT2D eigenvalue weighted by molar-refractivity contribution is 0.286. The average Bonchev–Trinajstić information content (AvgIpc) is 2.82. The van der Waals surface area contributed by atoms with Gasteiger partial charge in [-0.05, 0) is 63.4 Å². The smallest absolute Gasteiger partial charge is 0.0484 e. The third kappa shape index (κ3) is 2.41. The first-order chi connectivity index (χ1) is 9.16. The molecule has 1 aromatic carbocycles. The van der Waals surface area contributed by atoms with Gasteiger partial charge in [0.15, 0.2) is 0 Å². The summed E-state index contributed by atoms with van der Waals surface area (Å²) >= 11 is 2.01. The van der Waals surface area contributed by atoms with E-state index in [0.29, 0.717) is 6.04 Å². The minimum atomic E-state index is 0.556. The molecule has 0 radical (unpaired) electrons. The number of likely N-dealkylation sites (N-methyl/N-ethyl adjacent to an activating group) is 1. The molecule has 2 aromatic rings. The van der Waals surface area contributed by atoms with Gasteiger partial charge in [-0.3, -0.25) is 0 Å². The number of thioether (sulfide) groups is 1. The number of rotatable bonds is 3. The molecular weight excluding hydrogens is 252 g/mol. The monoisotopic (exact) mass is 274 g/mol. The van der Waals surface area contributed by atoms with Crippen molar-refractivity contribution in [1.82, 2.24) is 9.47 Å². The molecule has 102 valence electrons. The molecule has 0 N–H and O–H groups in total. The van der Waals surface area contributed by atoms with Crippen molar-refractivity contribution < 1.29 is 0 Å². The SMILES string of the molecule is C[C@H](Cn1ccc2c3c(ccc21)SCCC3)N(C)C. The molecule has 0 spiro atoms. The van der Waals surface area contributed by atoms with Gasteiger partial charge in [0.1, 0.15) is 0 Å². The van der Waals surface area contributed by atoms with Crippen molar-refractivity contribution in [2.24, 2.45) is 0 Å². The Hall–Kier alpha value is -0.930. The molecule has 1 aromatic heterocycles. The summed E-state index contributed by atoms with van der Waals surface area (Å²) < 4.78 is 2.40. The van der Waals surface area contributed by atoms with Gasteiger partial charge < -0.3 is 9.47 Å². The highest BCUT2D eigenvalue weighted by Crippen LogP contribution is 2.35. The van der Waals surface area contributed by atoms with Crippen LogP contribution in [0.25, 0.3) is 10.9 Å². The highest BCUT2D eigenvalue weighted by atomic mass is 32.2. The van der Waals surface area contributed by atoms with Crippen molar-refractivity contribution in [3.05, 3.63) is 30.0 Å². The largest absolute Gasteiger partial charge is 0.346 e. The number of aryl methyl sites for hydroxylation is 1. The Labute approximate surface area is 119 Å². The van der Waals surface area contributed by atoms with E-state index in [1.807, 2.05) is 11.8 Å². The summed E-state index contributed by atoms with van der Waals surface area (Å²) in [6, 6.07) is 7.48. The fraction of sp³-hybridized carbons (Fsp3) is 0.500. The summed E-state index contributed by atoms with van der Waals surface area (Å²) in [6.07, 6.45) is 4.81. The first-order valence-electron chi connectivity index (χ1n) is 7.07. The maximum Gasteiger partial charge on any atom is 0.0484 e. The molecule has 2 heterocycles. The summed E-state index contributed by atoms with van der Waals surface area (Å²) in [5.74, 6) is 1.27. The summed E-state index contributed by atoms with van der Waals surface area (Å²) in [7, 11) is 4.30. The maximum absolute atomic E-state index is 2.40. The van der Waals surface area contributed by atoms with Gasteiger partial charge in [-0.15, -0.1) is 11.8 Å². The molecule has 3 rings (SSSR count). The van der Waals surface area contributed by atoms with Gasteiger partial charge >= 0.3 is 0 Å². The second kappa shape index (κ2) is 5.22. The Morgan fingerprint density at radius 1 is 1.32 bits per heavy atom. The maximum atomic E-state index is 2.40. The van der Waals surface area contributed by atoms with E-state index in [-0.39, 0.29) is 0 Å². The van der Waals surface area contributed by atoms with Gasteiger partial charge in [-0.25, -0.2) is 0 Å². The van der Waals surface area contributed by atoms with Gasteiger partial charge in [0.25, 0.3) is 0 Å². The van der Waals surface area contributed by atoms with Crippen LogP contribution in [-0.4, -0.2) is 35.4 Å². The van der Waals surface area contributed by atoms with E-state index in [9.17, 15) is 0 Å². The Morgan fingerprint density at radius 2 is 2.16 bits per heavy atom. The first kappa shape index (κ1) is 13.1. The summed E-state index contributed by atoms with van der Waals surface area (Å²) in [5, 5.41) is 1.47. The van der Waals surface area contributed by atoms with Gasteiger partial charge in [0.2, 0.25) is 0 Å². The Balaban J connectivity index is 2.00. The standard InChI is InChI=1S/C16H22N2S/c1-12(17(2)3)11-18-9-8-13-14-5-4-10-19-16(14)7-6-15(13)18/h6-9,12H,4-5,10-11H2,1-3H3/t12-/m1/s1. The van der Waals surface area contributed by atoms with E-state index in [2.05, 4.69) is 54.9 Å². The van der Waals surface area contributed by atoms with Crippen LogP contribution in [0.3, 0.4) is 0 Å². The van der Waals surface area contributed by atoms with Crippen LogP contribution < -0.4 is 0 Å². The van der Waals surface area contributed by atoms with Crippen LogP contribution >= 0.6 is 11.8 Å². The zero-order valence-electron chi connectivity index (χ0n) is 12.0. The molecule has 0 bridgehead atoms. The van der Waals surface area contributed by atoms with Gasteiger partial charge in [0.05, 0.1) is 0 Å². The van der Waals surface area contributed by atoms with Crippen LogP contribution in [0, 0.1) is 0 Å². The van der Waals surface area contributed by atoms with Crippen LogP contribution in [-0.2, 0) is 13.0 Å². The topological polar surface area (TPSA) is 8.17 Å². The molecule has 1 aliphatic rings. The van der Waals surface area contributed by atoms with Gasteiger partial charge in [-0.1, -0.05) is 0 Å². The highest BCUT2D eigenvalue weighted by Gasteiger charge is 2.15. The lowest BCUT2D eigenvalue weighted by Gasteiger charge is -2.21. The Bertz CT molecular complexity index is 586. The molecule has 19 heavy (non-hydrogen) atoms. The molecule has 0 fully saturated rings. The first-order valence-corrected chi connectivity index (χ1v) is 8.05. The number of benzene rings is 1. The minimum Gasteiger partial charge on any atom is -0.346 e. The molecular formula is C16H22N2S. The normalized spacial score (nSPS) is 16.8. The van der Waals surface area contributed by atoms with E-state index in [0.717, 1.165) is 6.54 Å². The minimum absolute atomic E-state index is 0.556. The van der Waals surface area contributed by atoms with Crippen molar-refractivity contribution in [2.75, 3.05) is 19.8 Å². The zero-order valence-corrected chi connectivity index (χ0v) is 12.8. The molecule has 3 heteroatoms. The van der Waals surface area contributed by atoms with Crippen molar-refractivity contribution in [2.45, 2.75) is 37.2 Å². The Kier molecular flexibility index (Phi) is 3.59. The van der Waals surface area contributed by atoms with E-state index in [1.165, 1.54) is 34.4 Å². The number of hydrogen-bond acceptors (Lipinski definition) is 2. The molecule has 1 atom stereocenters.